The van der Waals surface area contributed by atoms with Crippen LogP contribution in [0.4, 0.5) is 0 Å². The molecule has 1 N–H and O–H groups in total. The highest BCUT2D eigenvalue weighted by molar-refractivity contribution is 7.80. The van der Waals surface area contributed by atoms with Gasteiger partial charge in [-0.1, -0.05) is 27.7 Å². The average Bonchev–Trinajstić information content (AvgIpc) is 2.45. The molecular formula is C17H29NO3S. The number of rotatable bonds is 6. The van der Waals surface area contributed by atoms with Gasteiger partial charge in [0.25, 0.3) is 0 Å². The maximum Gasteiger partial charge on any atom is 0.323 e. The molecule has 5 unspecified atom stereocenters. The molecule has 0 aromatic carbocycles. The Hall–Kier alpha value is -0.710. The molecule has 1 amide bonds. The van der Waals surface area contributed by atoms with E-state index in [1.807, 2.05) is 6.92 Å². The zero-order valence-electron chi connectivity index (χ0n) is 14.1. The predicted molar refractivity (Wildman–Crippen MR) is 89.9 cm³/mol. The van der Waals surface area contributed by atoms with Gasteiger partial charge < -0.3 is 10.0 Å². The van der Waals surface area contributed by atoms with Gasteiger partial charge in [0.15, 0.2) is 0 Å². The van der Waals surface area contributed by atoms with Crippen molar-refractivity contribution < 1.29 is 14.7 Å². The Morgan fingerprint density at radius 2 is 2.00 bits per heavy atom. The first-order valence-electron chi connectivity index (χ1n) is 8.29. The Bertz CT molecular complexity index is 451. The molecule has 0 spiro atoms. The molecule has 3 aliphatic carbocycles. The summed E-state index contributed by atoms with van der Waals surface area (Å²) in [7, 11) is 0. The zero-order valence-corrected chi connectivity index (χ0v) is 15.0. The number of nitrogens with zero attached hydrogens (tertiary/aromatic N) is 1. The molecule has 126 valence electrons. The van der Waals surface area contributed by atoms with Gasteiger partial charge in [-0.25, -0.2) is 0 Å². The van der Waals surface area contributed by atoms with Gasteiger partial charge in [0.05, 0.1) is 0 Å². The molecule has 3 rings (SSSR count). The van der Waals surface area contributed by atoms with Crippen LogP contribution in [0.15, 0.2) is 0 Å². The summed E-state index contributed by atoms with van der Waals surface area (Å²) < 4.78 is 0. The summed E-state index contributed by atoms with van der Waals surface area (Å²) in [4.78, 5) is 25.1. The molecule has 3 aliphatic rings. The van der Waals surface area contributed by atoms with Crippen LogP contribution in [-0.2, 0) is 9.59 Å². The number of carboxylic acids is 1. The van der Waals surface area contributed by atoms with E-state index in [9.17, 15) is 9.59 Å². The number of hydrogen-bond donors (Lipinski definition) is 2. The van der Waals surface area contributed by atoms with E-state index in [1.54, 1.807) is 4.90 Å². The summed E-state index contributed by atoms with van der Waals surface area (Å²) in [5.74, 6) is 1.61. The van der Waals surface area contributed by atoms with Gasteiger partial charge in [-0.05, 0) is 41.9 Å². The maximum absolute atomic E-state index is 12.4. The van der Waals surface area contributed by atoms with E-state index in [1.165, 1.54) is 6.42 Å². The molecule has 22 heavy (non-hydrogen) atoms. The fraction of sp³-hybridized carbons (Fsp3) is 0.882. The molecule has 3 saturated carbocycles. The van der Waals surface area contributed by atoms with Crippen LogP contribution < -0.4 is 0 Å². The highest BCUT2D eigenvalue weighted by Gasteiger charge is 2.56. The highest BCUT2D eigenvalue weighted by atomic mass is 32.1. The van der Waals surface area contributed by atoms with Crippen molar-refractivity contribution in [3.05, 3.63) is 0 Å². The molecule has 4 nitrogen and oxygen atoms in total. The van der Waals surface area contributed by atoms with Crippen molar-refractivity contribution in [1.29, 1.82) is 0 Å². The van der Waals surface area contributed by atoms with E-state index in [-0.39, 0.29) is 18.4 Å². The lowest BCUT2D eigenvalue weighted by Crippen LogP contribution is -2.57. The van der Waals surface area contributed by atoms with Crippen molar-refractivity contribution in [2.24, 2.45) is 35.0 Å². The standard InChI is InChI=1S/C17H29NO3S/c1-10(9-22)16(21)18(8-15(19)20)7-12-5-13-6-14(11(12)2)17(13,3)4/h10-14,22H,5-9H2,1-4H3,(H,19,20). The Kier molecular flexibility index (Phi) is 5.15. The highest BCUT2D eigenvalue weighted by Crippen LogP contribution is 2.62. The van der Waals surface area contributed by atoms with Crippen LogP contribution in [0.5, 0.6) is 0 Å². The number of thiol groups is 1. The van der Waals surface area contributed by atoms with Crippen LogP contribution in [0.3, 0.4) is 0 Å². The first-order valence-corrected chi connectivity index (χ1v) is 8.93. The third-order valence-electron chi connectivity index (χ3n) is 6.30. The van der Waals surface area contributed by atoms with Crippen LogP contribution in [-0.4, -0.2) is 40.7 Å². The van der Waals surface area contributed by atoms with Gasteiger partial charge in [0.2, 0.25) is 5.91 Å². The van der Waals surface area contributed by atoms with Crippen molar-refractivity contribution in [3.8, 4) is 0 Å². The summed E-state index contributed by atoms with van der Waals surface area (Å²) in [6.45, 7) is 9.17. The second-order valence-corrected chi connectivity index (χ2v) is 8.28. The van der Waals surface area contributed by atoms with E-state index in [0.29, 0.717) is 35.5 Å². The second-order valence-electron chi connectivity index (χ2n) is 7.91. The lowest BCUT2D eigenvalue weighted by atomic mass is 9.43. The molecule has 0 radical (unpaired) electrons. The molecule has 3 fully saturated rings. The minimum absolute atomic E-state index is 0.0805. The molecule has 5 atom stereocenters. The van der Waals surface area contributed by atoms with E-state index < -0.39 is 5.97 Å². The lowest BCUT2D eigenvalue weighted by molar-refractivity contribution is -0.153. The minimum atomic E-state index is -0.936. The fourth-order valence-corrected chi connectivity index (χ4v) is 4.72. The Morgan fingerprint density at radius 3 is 2.45 bits per heavy atom. The van der Waals surface area contributed by atoms with Gasteiger partial charge in [0, 0.05) is 18.2 Å². The smallest absolute Gasteiger partial charge is 0.323 e. The Morgan fingerprint density at radius 1 is 1.36 bits per heavy atom. The summed E-state index contributed by atoms with van der Waals surface area (Å²) >= 11 is 4.17. The molecule has 0 aromatic rings. The third-order valence-corrected chi connectivity index (χ3v) is 6.85. The summed E-state index contributed by atoms with van der Waals surface area (Å²) in [6.07, 6.45) is 2.41. The van der Waals surface area contributed by atoms with Crippen molar-refractivity contribution in [2.45, 2.75) is 40.5 Å². The van der Waals surface area contributed by atoms with Gasteiger partial charge in [0.1, 0.15) is 6.54 Å². The number of carbonyl (C=O) groups is 2. The minimum Gasteiger partial charge on any atom is -0.480 e. The molecule has 0 aliphatic heterocycles. The van der Waals surface area contributed by atoms with Crippen LogP contribution >= 0.6 is 12.6 Å². The largest absolute Gasteiger partial charge is 0.480 e. The SMILES string of the molecule is CC(CS)C(=O)N(CC(=O)O)CC1CC2CC(C1C)C2(C)C. The monoisotopic (exact) mass is 327 g/mol. The van der Waals surface area contributed by atoms with Crippen LogP contribution in [0.1, 0.15) is 40.5 Å². The maximum atomic E-state index is 12.4. The molecule has 0 saturated heterocycles. The van der Waals surface area contributed by atoms with Crippen molar-refractivity contribution in [2.75, 3.05) is 18.8 Å². The Balaban J connectivity index is 2.05. The fourth-order valence-electron chi connectivity index (χ4n) is 4.57. The molecule has 0 heterocycles. The van der Waals surface area contributed by atoms with E-state index in [2.05, 4.69) is 33.4 Å². The van der Waals surface area contributed by atoms with Crippen LogP contribution in [0, 0.1) is 35.0 Å². The average molecular weight is 327 g/mol. The number of hydrogen-bond acceptors (Lipinski definition) is 3. The normalized spacial score (nSPS) is 33.7. The van der Waals surface area contributed by atoms with E-state index in [4.69, 9.17) is 5.11 Å². The van der Waals surface area contributed by atoms with Gasteiger partial charge in [-0.3, -0.25) is 9.59 Å². The quantitative estimate of drug-likeness (QED) is 0.738. The van der Waals surface area contributed by atoms with Crippen molar-refractivity contribution >= 4 is 24.5 Å². The van der Waals surface area contributed by atoms with Crippen LogP contribution in [0.2, 0.25) is 0 Å². The van der Waals surface area contributed by atoms with Crippen molar-refractivity contribution in [1.82, 2.24) is 4.90 Å². The number of carbonyl (C=O) groups excluding carboxylic acids is 1. The topological polar surface area (TPSA) is 57.6 Å². The number of fused-ring (bicyclic) bond motifs is 2. The summed E-state index contributed by atoms with van der Waals surface area (Å²) in [5, 5.41) is 9.11. The number of carboxylic acid groups (broad SMARTS) is 1. The Labute approximate surface area is 139 Å². The molecule has 0 aromatic heterocycles. The third kappa shape index (κ3) is 3.15. The van der Waals surface area contributed by atoms with E-state index >= 15 is 0 Å². The van der Waals surface area contributed by atoms with E-state index in [0.717, 1.165) is 12.3 Å². The van der Waals surface area contributed by atoms with Gasteiger partial charge in [-0.2, -0.15) is 12.6 Å². The molecule has 2 bridgehead atoms. The molecule has 5 heteroatoms. The lowest BCUT2D eigenvalue weighted by Gasteiger charge is -2.62. The first-order chi connectivity index (χ1) is 10.2. The summed E-state index contributed by atoms with van der Waals surface area (Å²) in [6, 6.07) is 0. The number of aliphatic carboxylic acids is 1. The van der Waals surface area contributed by atoms with Gasteiger partial charge >= 0.3 is 5.97 Å². The van der Waals surface area contributed by atoms with Gasteiger partial charge in [-0.15, -0.1) is 0 Å². The number of amides is 1. The first kappa shape index (κ1) is 17.6. The zero-order chi connectivity index (χ0) is 16.7. The predicted octanol–water partition coefficient (Wildman–Crippen LogP) is 2.78. The van der Waals surface area contributed by atoms with Crippen LogP contribution in [0.25, 0.3) is 0 Å². The van der Waals surface area contributed by atoms with Crippen molar-refractivity contribution in [3.63, 3.8) is 0 Å². The second kappa shape index (κ2) is 6.42. The summed E-state index contributed by atoms with van der Waals surface area (Å²) in [5.41, 5.74) is 0.413. The molecular weight excluding hydrogens is 298 g/mol.